The van der Waals surface area contributed by atoms with Crippen LogP contribution >= 0.6 is 0 Å². The van der Waals surface area contributed by atoms with Crippen molar-refractivity contribution in [2.75, 3.05) is 0 Å². The summed E-state index contributed by atoms with van der Waals surface area (Å²) in [5.74, 6) is 1.95. The third-order valence-corrected chi connectivity index (χ3v) is 10.7. The number of aromatic nitrogens is 4. The Balaban J connectivity index is 0.943. The van der Waals surface area contributed by atoms with Gasteiger partial charge in [-0.3, -0.25) is 0 Å². The maximum absolute atomic E-state index is 6.08. The molecule has 0 atom stereocenters. The zero-order valence-corrected chi connectivity index (χ0v) is 30.2. The molecule has 0 amide bonds. The summed E-state index contributed by atoms with van der Waals surface area (Å²) in [6, 6.07) is 67.7. The predicted octanol–water partition coefficient (Wildman–Crippen LogP) is 13.2. The highest BCUT2D eigenvalue weighted by Gasteiger charge is 2.16. The number of nitrogens with zero attached hydrogens (tertiary/aromatic N) is 4. The highest BCUT2D eigenvalue weighted by Crippen LogP contribution is 2.37. The second-order valence-electron chi connectivity index (χ2n) is 14.1. The molecule has 8 aromatic carbocycles. The second kappa shape index (κ2) is 13.0. The first-order chi connectivity index (χ1) is 27.7. The first-order valence-electron chi connectivity index (χ1n) is 18.8. The molecule has 5 heteroatoms. The van der Waals surface area contributed by atoms with Crippen molar-refractivity contribution in [2.45, 2.75) is 0 Å². The Morgan fingerprint density at radius 2 is 0.750 bits per heavy atom. The topological polar surface area (TPSA) is 56.7 Å². The quantitative estimate of drug-likeness (QED) is 0.172. The number of rotatable bonds is 6. The summed E-state index contributed by atoms with van der Waals surface area (Å²) in [5, 5.41) is 4.70. The number of furan rings is 1. The van der Waals surface area contributed by atoms with Gasteiger partial charge >= 0.3 is 0 Å². The summed E-state index contributed by atoms with van der Waals surface area (Å²) >= 11 is 0. The normalized spacial score (nSPS) is 11.6. The van der Waals surface area contributed by atoms with Crippen LogP contribution in [0.15, 0.2) is 199 Å². The van der Waals surface area contributed by atoms with Gasteiger partial charge in [0.2, 0.25) is 0 Å². The lowest BCUT2D eigenvalue weighted by molar-refractivity contribution is 0.669. The van der Waals surface area contributed by atoms with Gasteiger partial charge in [-0.05, 0) is 70.8 Å². The van der Waals surface area contributed by atoms with E-state index in [9.17, 15) is 0 Å². The Kier molecular flexibility index (Phi) is 7.42. The van der Waals surface area contributed by atoms with Gasteiger partial charge in [-0.15, -0.1) is 0 Å². The van der Waals surface area contributed by atoms with Gasteiger partial charge in [-0.1, -0.05) is 146 Å². The number of para-hydroxylation sites is 2. The van der Waals surface area contributed by atoms with Crippen LogP contribution in [0.4, 0.5) is 0 Å². The van der Waals surface area contributed by atoms with E-state index in [1.54, 1.807) is 0 Å². The van der Waals surface area contributed by atoms with Gasteiger partial charge in [0.15, 0.2) is 17.5 Å². The van der Waals surface area contributed by atoms with E-state index < -0.39 is 0 Å². The Morgan fingerprint density at radius 1 is 0.304 bits per heavy atom. The molecular formula is C51H32N4O. The standard InChI is InChI=1S/C51H32N4O/c1-3-11-35(12-4-1)49-52-50(36-13-5-2-6-14-36)54-51(53-49)37-21-19-33(20-22-37)38-25-29-46-43(31-38)41-15-7-9-17-45(41)55(46)40-27-23-34(24-28-40)39-26-30-48-44(32-39)42-16-8-10-18-47(42)56-48/h1-32H. The Labute approximate surface area is 322 Å². The molecule has 11 rings (SSSR count). The molecule has 0 spiro atoms. The minimum atomic E-state index is 0.643. The summed E-state index contributed by atoms with van der Waals surface area (Å²) in [5.41, 5.74) is 12.7. The van der Waals surface area contributed by atoms with Gasteiger partial charge in [0.1, 0.15) is 11.2 Å². The van der Waals surface area contributed by atoms with Crippen molar-refractivity contribution in [1.82, 2.24) is 19.5 Å². The van der Waals surface area contributed by atoms with Crippen LogP contribution < -0.4 is 0 Å². The summed E-state index contributed by atoms with van der Waals surface area (Å²) in [4.78, 5) is 14.7. The van der Waals surface area contributed by atoms with E-state index in [-0.39, 0.29) is 0 Å². The number of fused-ring (bicyclic) bond motifs is 6. The van der Waals surface area contributed by atoms with Crippen molar-refractivity contribution in [3.63, 3.8) is 0 Å². The van der Waals surface area contributed by atoms with Crippen LogP contribution in [0, 0.1) is 0 Å². The van der Waals surface area contributed by atoms with Gasteiger partial charge in [0, 0.05) is 43.9 Å². The van der Waals surface area contributed by atoms with Crippen molar-refractivity contribution in [1.29, 1.82) is 0 Å². The van der Waals surface area contributed by atoms with E-state index in [0.29, 0.717) is 17.5 Å². The first kappa shape index (κ1) is 31.9. The van der Waals surface area contributed by atoms with Gasteiger partial charge in [-0.25, -0.2) is 15.0 Å². The van der Waals surface area contributed by atoms with Crippen LogP contribution in [0.3, 0.4) is 0 Å². The lowest BCUT2D eigenvalue weighted by Crippen LogP contribution is -2.00. The van der Waals surface area contributed by atoms with Crippen LogP contribution in [-0.4, -0.2) is 19.5 Å². The molecule has 0 radical (unpaired) electrons. The summed E-state index contributed by atoms with van der Waals surface area (Å²) < 4.78 is 8.44. The molecule has 0 N–H and O–H groups in total. The fraction of sp³-hybridized carbons (Fsp3) is 0. The molecule has 3 heterocycles. The molecule has 0 unspecified atom stereocenters. The lowest BCUT2D eigenvalue weighted by Gasteiger charge is -2.10. The van der Waals surface area contributed by atoms with E-state index in [0.717, 1.165) is 72.1 Å². The number of hydrogen-bond acceptors (Lipinski definition) is 4. The van der Waals surface area contributed by atoms with Crippen molar-refractivity contribution in [3.05, 3.63) is 194 Å². The maximum Gasteiger partial charge on any atom is 0.164 e. The zero-order chi connectivity index (χ0) is 37.0. The molecule has 0 aliphatic heterocycles. The number of benzene rings is 8. The lowest BCUT2D eigenvalue weighted by atomic mass is 10.0. The molecule has 5 nitrogen and oxygen atoms in total. The van der Waals surface area contributed by atoms with Crippen molar-refractivity contribution in [2.24, 2.45) is 0 Å². The minimum absolute atomic E-state index is 0.643. The molecule has 0 aliphatic rings. The van der Waals surface area contributed by atoms with Crippen molar-refractivity contribution < 1.29 is 4.42 Å². The van der Waals surface area contributed by atoms with E-state index in [2.05, 4.69) is 126 Å². The van der Waals surface area contributed by atoms with Gasteiger partial charge in [0.25, 0.3) is 0 Å². The third kappa shape index (κ3) is 5.45. The molecule has 262 valence electrons. The predicted molar refractivity (Wildman–Crippen MR) is 229 cm³/mol. The molecule has 0 saturated heterocycles. The van der Waals surface area contributed by atoms with Crippen molar-refractivity contribution >= 4 is 43.7 Å². The second-order valence-corrected chi connectivity index (χ2v) is 14.1. The average Bonchev–Trinajstić information content (AvgIpc) is 3.82. The van der Waals surface area contributed by atoms with E-state index in [4.69, 9.17) is 19.4 Å². The highest BCUT2D eigenvalue weighted by atomic mass is 16.3. The van der Waals surface area contributed by atoms with Crippen LogP contribution in [-0.2, 0) is 0 Å². The van der Waals surface area contributed by atoms with Crippen LogP contribution in [0.5, 0.6) is 0 Å². The molecule has 56 heavy (non-hydrogen) atoms. The summed E-state index contributed by atoms with van der Waals surface area (Å²) in [6.45, 7) is 0. The summed E-state index contributed by atoms with van der Waals surface area (Å²) in [6.07, 6.45) is 0. The van der Waals surface area contributed by atoms with Gasteiger partial charge < -0.3 is 8.98 Å². The number of hydrogen-bond donors (Lipinski definition) is 0. The molecule has 0 bridgehead atoms. The van der Waals surface area contributed by atoms with Crippen molar-refractivity contribution in [3.8, 4) is 62.1 Å². The zero-order valence-electron chi connectivity index (χ0n) is 30.2. The monoisotopic (exact) mass is 716 g/mol. The first-order valence-corrected chi connectivity index (χ1v) is 18.8. The van der Waals surface area contributed by atoms with E-state index in [1.807, 2.05) is 72.8 Å². The van der Waals surface area contributed by atoms with Gasteiger partial charge in [0.05, 0.1) is 11.0 Å². The average molecular weight is 717 g/mol. The Bertz CT molecular complexity index is 3160. The van der Waals surface area contributed by atoms with Crippen LogP contribution in [0.1, 0.15) is 0 Å². The maximum atomic E-state index is 6.08. The smallest absolute Gasteiger partial charge is 0.164 e. The molecule has 3 aromatic heterocycles. The minimum Gasteiger partial charge on any atom is -0.456 e. The molecular weight excluding hydrogens is 685 g/mol. The van der Waals surface area contributed by atoms with Crippen LogP contribution in [0.25, 0.3) is 106 Å². The third-order valence-electron chi connectivity index (χ3n) is 10.7. The highest BCUT2D eigenvalue weighted by molar-refractivity contribution is 6.10. The van der Waals surface area contributed by atoms with E-state index >= 15 is 0 Å². The van der Waals surface area contributed by atoms with E-state index in [1.165, 1.54) is 16.3 Å². The molecule has 0 aliphatic carbocycles. The van der Waals surface area contributed by atoms with Crippen LogP contribution in [0.2, 0.25) is 0 Å². The fourth-order valence-electron chi connectivity index (χ4n) is 7.89. The van der Waals surface area contributed by atoms with Gasteiger partial charge in [-0.2, -0.15) is 0 Å². The molecule has 11 aromatic rings. The summed E-state index contributed by atoms with van der Waals surface area (Å²) in [7, 11) is 0. The Morgan fingerprint density at radius 3 is 1.41 bits per heavy atom. The SMILES string of the molecule is c1ccc(-c2nc(-c3ccccc3)nc(-c3ccc(-c4ccc5c(c4)c4ccccc4n5-c4ccc(-c5ccc6oc7ccccc7c6c5)cc4)cc3)n2)cc1. The largest absolute Gasteiger partial charge is 0.456 e. The Hall–Kier alpha value is -7.63. The molecule has 0 fully saturated rings. The fourth-order valence-corrected chi connectivity index (χ4v) is 7.89. The molecule has 0 saturated carbocycles.